The van der Waals surface area contributed by atoms with Crippen molar-refractivity contribution in [2.24, 2.45) is 7.05 Å². The van der Waals surface area contributed by atoms with Crippen LogP contribution in [0.2, 0.25) is 5.15 Å². The van der Waals surface area contributed by atoms with Crippen LogP contribution in [0.15, 0.2) is 55.0 Å². The summed E-state index contributed by atoms with van der Waals surface area (Å²) >= 11 is 5.84. The summed E-state index contributed by atoms with van der Waals surface area (Å²) in [5.74, 6) is 1.10. The molecule has 1 aliphatic rings. The molecule has 1 N–H and O–H groups in total. The Morgan fingerprint density at radius 3 is 2.82 bits per heavy atom. The summed E-state index contributed by atoms with van der Waals surface area (Å²) in [6.45, 7) is 0.518. The summed E-state index contributed by atoms with van der Waals surface area (Å²) in [4.78, 5) is 27.6. The van der Waals surface area contributed by atoms with Crippen molar-refractivity contribution in [2.75, 3.05) is 16.8 Å². The normalized spacial score (nSPS) is 12.3. The third-order valence-corrected chi connectivity index (χ3v) is 5.86. The van der Waals surface area contributed by atoms with Crippen molar-refractivity contribution < 1.29 is 4.79 Å². The zero-order valence-corrected chi connectivity index (χ0v) is 19.0. The Balaban J connectivity index is 1.43. The van der Waals surface area contributed by atoms with Crippen LogP contribution in [0.5, 0.6) is 0 Å². The highest BCUT2D eigenvalue weighted by Crippen LogP contribution is 2.36. The molecular weight excluding hydrogens is 452 g/mol. The average molecular weight is 471 g/mol. The Morgan fingerprint density at radius 1 is 1.21 bits per heavy atom. The van der Waals surface area contributed by atoms with E-state index >= 15 is 0 Å². The molecule has 4 aromatic rings. The summed E-state index contributed by atoms with van der Waals surface area (Å²) in [5.41, 5.74) is 4.29. The van der Waals surface area contributed by atoms with Gasteiger partial charge in [-0.3, -0.25) is 9.48 Å². The first kappa shape index (κ1) is 21.6. The number of rotatable bonds is 5. The number of anilines is 3. The van der Waals surface area contributed by atoms with Crippen LogP contribution in [-0.4, -0.2) is 37.2 Å². The van der Waals surface area contributed by atoms with Crippen LogP contribution in [-0.2, 0) is 24.7 Å². The number of pyridine rings is 1. The Morgan fingerprint density at radius 2 is 2.09 bits per heavy atom. The van der Waals surface area contributed by atoms with Crippen LogP contribution in [0, 0.1) is 11.3 Å². The van der Waals surface area contributed by atoms with Gasteiger partial charge >= 0.3 is 0 Å². The maximum atomic E-state index is 13.0. The number of nitriles is 1. The smallest absolute Gasteiger partial charge is 0.231 e. The standard InChI is InChI=1S/C24H19ClN8O/c1-32-21(5-8-29-32)31-24-27-7-4-19(30-24)17-11-16-6-9-33(23(16)18(12-17)13-26)22(34)10-15-2-3-20(25)28-14-15/h2-5,7-8,11-12,14H,6,9-10H2,1H3,(H,27,30,31). The lowest BCUT2D eigenvalue weighted by Crippen LogP contribution is -2.31. The van der Waals surface area contributed by atoms with E-state index in [1.54, 1.807) is 52.4 Å². The van der Waals surface area contributed by atoms with Gasteiger partial charge in [0.2, 0.25) is 11.9 Å². The summed E-state index contributed by atoms with van der Waals surface area (Å²) in [6, 6.07) is 13.1. The summed E-state index contributed by atoms with van der Waals surface area (Å²) < 4.78 is 1.69. The van der Waals surface area contributed by atoms with E-state index in [0.29, 0.717) is 41.0 Å². The molecule has 0 unspecified atom stereocenters. The van der Waals surface area contributed by atoms with Gasteiger partial charge < -0.3 is 10.2 Å². The molecule has 10 heteroatoms. The Hall–Kier alpha value is -4.29. The molecule has 1 amide bonds. The monoisotopic (exact) mass is 470 g/mol. The third-order valence-electron chi connectivity index (χ3n) is 5.64. The Kier molecular flexibility index (Phi) is 5.65. The molecule has 4 heterocycles. The van der Waals surface area contributed by atoms with Gasteiger partial charge in [-0.2, -0.15) is 10.4 Å². The number of hydrogen-bond acceptors (Lipinski definition) is 7. The number of hydrogen-bond donors (Lipinski definition) is 1. The molecule has 0 bridgehead atoms. The number of aromatic nitrogens is 5. The molecule has 9 nitrogen and oxygen atoms in total. The lowest BCUT2D eigenvalue weighted by Gasteiger charge is -2.19. The fourth-order valence-electron chi connectivity index (χ4n) is 4.00. The van der Waals surface area contributed by atoms with E-state index in [1.165, 1.54) is 0 Å². The van der Waals surface area contributed by atoms with E-state index in [1.807, 2.05) is 19.2 Å². The van der Waals surface area contributed by atoms with Gasteiger partial charge in [0.15, 0.2) is 0 Å². The fraction of sp³-hybridized carbons (Fsp3) is 0.167. The number of aryl methyl sites for hydroxylation is 1. The van der Waals surface area contributed by atoms with Crippen LogP contribution in [0.25, 0.3) is 11.3 Å². The Labute approximate surface area is 200 Å². The van der Waals surface area contributed by atoms with Crippen molar-refractivity contribution in [3.63, 3.8) is 0 Å². The van der Waals surface area contributed by atoms with Gasteiger partial charge in [0.25, 0.3) is 0 Å². The zero-order chi connectivity index (χ0) is 23.7. The number of benzene rings is 1. The second kappa shape index (κ2) is 8.92. The van der Waals surface area contributed by atoms with E-state index in [4.69, 9.17) is 11.6 Å². The van der Waals surface area contributed by atoms with Gasteiger partial charge in [-0.05, 0) is 41.8 Å². The van der Waals surface area contributed by atoms with Crippen molar-refractivity contribution in [2.45, 2.75) is 12.8 Å². The minimum absolute atomic E-state index is 0.0863. The van der Waals surface area contributed by atoms with Gasteiger partial charge in [-0.25, -0.2) is 15.0 Å². The molecule has 1 aliphatic heterocycles. The number of carbonyl (C=O) groups is 1. The molecule has 1 aromatic carbocycles. The van der Waals surface area contributed by atoms with Gasteiger partial charge in [-0.15, -0.1) is 0 Å². The number of nitrogens with zero attached hydrogens (tertiary/aromatic N) is 7. The molecule has 0 saturated heterocycles. The SMILES string of the molecule is Cn1nccc1Nc1nccc(-c2cc(C#N)c3c(c2)CCN3C(=O)Cc2ccc(Cl)nc2)n1. The first-order valence-corrected chi connectivity index (χ1v) is 11.0. The maximum absolute atomic E-state index is 13.0. The molecule has 34 heavy (non-hydrogen) atoms. The lowest BCUT2D eigenvalue weighted by molar-refractivity contribution is -0.117. The number of amides is 1. The van der Waals surface area contributed by atoms with Crippen LogP contribution in [0.1, 0.15) is 16.7 Å². The van der Waals surface area contributed by atoms with Crippen LogP contribution in [0.4, 0.5) is 17.5 Å². The summed E-state index contributed by atoms with van der Waals surface area (Å²) in [5, 5.41) is 17.5. The van der Waals surface area contributed by atoms with Gasteiger partial charge in [0, 0.05) is 37.6 Å². The highest BCUT2D eigenvalue weighted by Gasteiger charge is 2.28. The van der Waals surface area contributed by atoms with Crippen molar-refractivity contribution >= 4 is 35.0 Å². The zero-order valence-electron chi connectivity index (χ0n) is 18.2. The van der Waals surface area contributed by atoms with E-state index in [0.717, 1.165) is 22.5 Å². The molecule has 5 rings (SSSR count). The van der Waals surface area contributed by atoms with Crippen LogP contribution < -0.4 is 10.2 Å². The van der Waals surface area contributed by atoms with Gasteiger partial charge in [-0.1, -0.05) is 17.7 Å². The van der Waals surface area contributed by atoms with Crippen molar-refractivity contribution in [3.8, 4) is 17.3 Å². The molecule has 3 aromatic heterocycles. The molecule has 0 spiro atoms. The highest BCUT2D eigenvalue weighted by atomic mass is 35.5. The summed E-state index contributed by atoms with van der Waals surface area (Å²) in [7, 11) is 1.82. The Bertz CT molecular complexity index is 1420. The number of nitrogens with one attached hydrogen (secondary N) is 1. The number of fused-ring (bicyclic) bond motifs is 1. The second-order valence-electron chi connectivity index (χ2n) is 7.84. The minimum atomic E-state index is -0.0863. The largest absolute Gasteiger partial charge is 0.310 e. The second-order valence-corrected chi connectivity index (χ2v) is 8.22. The van der Waals surface area contributed by atoms with E-state index in [2.05, 4.69) is 31.4 Å². The minimum Gasteiger partial charge on any atom is -0.310 e. The molecule has 0 radical (unpaired) electrons. The van der Waals surface area contributed by atoms with Gasteiger partial charge in [0.05, 0.1) is 29.6 Å². The molecule has 0 aliphatic carbocycles. The van der Waals surface area contributed by atoms with Crippen LogP contribution in [0.3, 0.4) is 0 Å². The fourth-order valence-corrected chi connectivity index (χ4v) is 4.11. The molecule has 0 fully saturated rings. The maximum Gasteiger partial charge on any atom is 0.231 e. The number of carbonyl (C=O) groups excluding carboxylic acids is 1. The predicted molar refractivity (Wildman–Crippen MR) is 128 cm³/mol. The van der Waals surface area contributed by atoms with E-state index in [-0.39, 0.29) is 12.3 Å². The topological polar surface area (TPSA) is 113 Å². The van der Waals surface area contributed by atoms with E-state index < -0.39 is 0 Å². The van der Waals surface area contributed by atoms with Crippen LogP contribution >= 0.6 is 11.6 Å². The summed E-state index contributed by atoms with van der Waals surface area (Å²) in [6.07, 6.45) is 5.79. The molecule has 168 valence electrons. The first-order valence-electron chi connectivity index (χ1n) is 10.6. The van der Waals surface area contributed by atoms with E-state index in [9.17, 15) is 10.1 Å². The predicted octanol–water partition coefficient (Wildman–Crippen LogP) is 3.67. The number of halogens is 1. The molecule has 0 saturated carbocycles. The molecule has 0 atom stereocenters. The van der Waals surface area contributed by atoms with Crippen molar-refractivity contribution in [1.82, 2.24) is 24.7 Å². The molecular formula is C24H19ClN8O. The van der Waals surface area contributed by atoms with Crippen molar-refractivity contribution in [3.05, 3.63) is 76.8 Å². The quantitative estimate of drug-likeness (QED) is 0.443. The first-order chi connectivity index (χ1) is 16.5. The van der Waals surface area contributed by atoms with Crippen molar-refractivity contribution in [1.29, 1.82) is 5.26 Å². The third kappa shape index (κ3) is 4.19. The highest BCUT2D eigenvalue weighted by molar-refractivity contribution is 6.29. The average Bonchev–Trinajstić information content (AvgIpc) is 3.46. The lowest BCUT2D eigenvalue weighted by atomic mass is 10.0. The van der Waals surface area contributed by atoms with Gasteiger partial charge in [0.1, 0.15) is 17.0 Å².